The van der Waals surface area contributed by atoms with E-state index < -0.39 is 11.3 Å². The molecule has 0 radical (unpaired) electrons. The van der Waals surface area contributed by atoms with Gasteiger partial charge in [0, 0.05) is 17.4 Å². The van der Waals surface area contributed by atoms with Crippen LogP contribution in [0.5, 0.6) is 5.75 Å². The predicted octanol–water partition coefficient (Wildman–Crippen LogP) is 8.61. The third kappa shape index (κ3) is 7.73. The summed E-state index contributed by atoms with van der Waals surface area (Å²) in [7, 11) is 0. The van der Waals surface area contributed by atoms with Gasteiger partial charge in [0.05, 0.1) is 20.6 Å². The number of allylic oxidation sites excluding steroid dienone is 1. The van der Waals surface area contributed by atoms with Crippen molar-refractivity contribution in [2.75, 3.05) is 0 Å². The molecule has 2 aromatic carbocycles. The van der Waals surface area contributed by atoms with Crippen molar-refractivity contribution in [1.29, 1.82) is 0 Å². The van der Waals surface area contributed by atoms with Gasteiger partial charge in [0.15, 0.2) is 0 Å². The molecule has 1 atom stereocenters. The average Bonchev–Trinajstić information content (AvgIpc) is 3.67. The Morgan fingerprint density at radius 1 is 1.05 bits per heavy atom. The highest BCUT2D eigenvalue weighted by atomic mass is 35.5. The van der Waals surface area contributed by atoms with Crippen molar-refractivity contribution >= 4 is 58.1 Å². The molecule has 0 saturated heterocycles. The second-order valence-electron chi connectivity index (χ2n) is 10.6. The normalized spacial score (nSPS) is 20.4. The summed E-state index contributed by atoms with van der Waals surface area (Å²) < 4.78 is 33.8. The number of rotatable bonds is 9. The number of ether oxygens (including phenoxy) is 1. The van der Waals surface area contributed by atoms with E-state index in [2.05, 4.69) is 16.0 Å². The molecule has 1 aromatic heterocycles. The third-order valence-corrected chi connectivity index (χ3v) is 9.02. The zero-order valence-electron chi connectivity index (χ0n) is 22.3. The molecule has 1 heterocycles. The van der Waals surface area contributed by atoms with Gasteiger partial charge in [-0.15, -0.1) is 0 Å². The highest BCUT2D eigenvalue weighted by molar-refractivity contribution is 7.77. The fourth-order valence-electron chi connectivity index (χ4n) is 5.34. The van der Waals surface area contributed by atoms with Gasteiger partial charge < -0.3 is 9.26 Å². The lowest BCUT2D eigenvalue weighted by Crippen LogP contribution is -2.32. The van der Waals surface area contributed by atoms with Crippen LogP contribution in [0.3, 0.4) is 0 Å². The Kier molecular flexibility index (Phi) is 10.1. The average molecular weight is 638 g/mol. The maximum absolute atomic E-state index is 12.1. The van der Waals surface area contributed by atoms with E-state index >= 15 is 0 Å². The number of halogens is 3. The van der Waals surface area contributed by atoms with Crippen LogP contribution < -0.4 is 9.46 Å². The number of carbonyl (C=O) groups is 1. The van der Waals surface area contributed by atoms with Crippen molar-refractivity contribution < 1.29 is 22.8 Å². The van der Waals surface area contributed by atoms with Crippen molar-refractivity contribution in [3.05, 3.63) is 74.4 Å². The minimum absolute atomic E-state index is 0.214. The Labute approximate surface area is 257 Å². The summed E-state index contributed by atoms with van der Waals surface area (Å²) in [4.78, 5) is 12.1. The summed E-state index contributed by atoms with van der Waals surface area (Å²) in [6.45, 7) is 0.243. The van der Waals surface area contributed by atoms with Crippen molar-refractivity contribution in [2.24, 2.45) is 11.8 Å². The van der Waals surface area contributed by atoms with Gasteiger partial charge >= 0.3 is 0 Å². The third-order valence-electron chi connectivity index (χ3n) is 7.68. The predicted molar refractivity (Wildman–Crippen MR) is 162 cm³/mol. The maximum atomic E-state index is 12.1. The maximum Gasteiger partial charge on any atom is 0.261 e. The number of hydrogen-bond donors (Lipinski definition) is 2. The van der Waals surface area contributed by atoms with Gasteiger partial charge in [-0.1, -0.05) is 71.0 Å². The number of nitrogens with zero attached hydrogens (tertiary/aromatic N) is 1. The van der Waals surface area contributed by atoms with Crippen LogP contribution in [0.15, 0.2) is 47.0 Å². The van der Waals surface area contributed by atoms with Crippen LogP contribution in [-0.2, 0) is 22.7 Å². The second-order valence-corrected chi connectivity index (χ2v) is 12.5. The van der Waals surface area contributed by atoms with E-state index in [0.29, 0.717) is 56.8 Å². The van der Waals surface area contributed by atoms with E-state index in [1.807, 2.05) is 18.2 Å². The molecular weight excluding hydrogens is 607 g/mol. The van der Waals surface area contributed by atoms with Crippen molar-refractivity contribution in [2.45, 2.75) is 63.9 Å². The van der Waals surface area contributed by atoms with Gasteiger partial charge in [0.1, 0.15) is 23.8 Å². The lowest BCUT2D eigenvalue weighted by atomic mass is 9.85. The molecule has 3 aromatic rings. The van der Waals surface area contributed by atoms with Gasteiger partial charge in [-0.3, -0.25) is 14.1 Å². The molecule has 0 spiro atoms. The van der Waals surface area contributed by atoms with E-state index in [0.717, 1.165) is 55.4 Å². The molecule has 0 bridgehead atoms. The number of hydrogen-bond acceptors (Lipinski definition) is 5. The lowest BCUT2D eigenvalue weighted by Gasteiger charge is -2.22. The Balaban J connectivity index is 1.22. The lowest BCUT2D eigenvalue weighted by molar-refractivity contribution is -0.123. The summed E-state index contributed by atoms with van der Waals surface area (Å²) in [6, 6.07) is 11.0. The van der Waals surface area contributed by atoms with Crippen LogP contribution >= 0.6 is 34.8 Å². The standard InChI is InChI=1S/C30H31Cl3N2O5S/c31-24-8-3-9-25(32)27(24)28-23(29(40-34-28)20-12-13-20)17-39-22-15-14-19(26(33)16-22)11-10-18-4-1-6-21(7-2-5-18)30(36)35-41(37)38/h3,8-11,14-16,18,20-21H,1-2,4-7,12-13,17H2,(H,35,36)(H,37,38)/b11-10+. The summed E-state index contributed by atoms with van der Waals surface area (Å²) in [5, 5.41) is 5.91. The van der Waals surface area contributed by atoms with Crippen molar-refractivity contribution in [3.8, 4) is 17.0 Å². The molecule has 11 heteroatoms. The number of amides is 1. The van der Waals surface area contributed by atoms with Crippen LogP contribution in [0.4, 0.5) is 0 Å². The summed E-state index contributed by atoms with van der Waals surface area (Å²) in [5.74, 6) is 1.60. The molecule has 218 valence electrons. The van der Waals surface area contributed by atoms with E-state index in [9.17, 15) is 9.00 Å². The molecule has 2 saturated carbocycles. The minimum atomic E-state index is -2.31. The zero-order chi connectivity index (χ0) is 28.9. The van der Waals surface area contributed by atoms with Crippen LogP contribution in [0, 0.1) is 11.8 Å². The van der Waals surface area contributed by atoms with Gasteiger partial charge in [0.25, 0.3) is 11.3 Å². The topological polar surface area (TPSA) is 102 Å². The summed E-state index contributed by atoms with van der Waals surface area (Å²) in [5.41, 5.74) is 2.98. The minimum Gasteiger partial charge on any atom is -0.489 e. The molecule has 2 aliphatic rings. The molecule has 2 fully saturated rings. The van der Waals surface area contributed by atoms with Crippen LogP contribution in [0.25, 0.3) is 17.3 Å². The molecule has 41 heavy (non-hydrogen) atoms. The van der Waals surface area contributed by atoms with Gasteiger partial charge in [-0.2, -0.15) is 0 Å². The van der Waals surface area contributed by atoms with Gasteiger partial charge in [-0.05, 0) is 80.3 Å². The molecule has 2 aliphatic carbocycles. The Bertz CT molecular complexity index is 1430. The van der Waals surface area contributed by atoms with Crippen LogP contribution in [-0.4, -0.2) is 19.8 Å². The highest BCUT2D eigenvalue weighted by Crippen LogP contribution is 2.46. The van der Waals surface area contributed by atoms with E-state index in [4.69, 9.17) is 48.6 Å². The first-order chi connectivity index (χ1) is 19.8. The molecule has 1 amide bonds. The van der Waals surface area contributed by atoms with Gasteiger partial charge in [-0.25, -0.2) is 4.21 Å². The Morgan fingerprint density at radius 3 is 2.39 bits per heavy atom. The molecule has 2 N–H and O–H groups in total. The fourth-order valence-corrected chi connectivity index (χ4v) is 6.49. The van der Waals surface area contributed by atoms with Crippen LogP contribution in [0.1, 0.15) is 74.2 Å². The Hall–Kier alpha value is -2.36. The number of carbonyl (C=O) groups excluding carboxylic acids is 1. The van der Waals surface area contributed by atoms with E-state index in [-0.39, 0.29) is 18.4 Å². The first kappa shape index (κ1) is 30.1. The highest BCUT2D eigenvalue weighted by Gasteiger charge is 2.33. The molecule has 0 aliphatic heterocycles. The quantitative estimate of drug-likeness (QED) is 0.228. The molecule has 5 rings (SSSR count). The molecule has 7 nitrogen and oxygen atoms in total. The first-order valence-electron chi connectivity index (χ1n) is 13.7. The zero-order valence-corrected chi connectivity index (χ0v) is 25.4. The van der Waals surface area contributed by atoms with E-state index in [1.165, 1.54) is 0 Å². The monoisotopic (exact) mass is 636 g/mol. The smallest absolute Gasteiger partial charge is 0.261 e. The molecule has 1 unspecified atom stereocenters. The molecular formula is C30H31Cl3N2O5S. The first-order valence-corrected chi connectivity index (χ1v) is 16.0. The summed E-state index contributed by atoms with van der Waals surface area (Å²) in [6.07, 6.45) is 11.4. The number of nitrogens with one attached hydrogen (secondary N) is 1. The van der Waals surface area contributed by atoms with Crippen LogP contribution in [0.2, 0.25) is 15.1 Å². The van der Waals surface area contributed by atoms with E-state index in [1.54, 1.807) is 24.3 Å². The number of aromatic nitrogens is 1. The fraction of sp³-hybridized carbons (Fsp3) is 0.400. The van der Waals surface area contributed by atoms with Crippen molar-refractivity contribution in [3.63, 3.8) is 0 Å². The number of benzene rings is 2. The van der Waals surface area contributed by atoms with Crippen molar-refractivity contribution in [1.82, 2.24) is 9.88 Å². The van der Waals surface area contributed by atoms with Gasteiger partial charge in [0.2, 0.25) is 5.91 Å². The second kappa shape index (κ2) is 13.7. The largest absolute Gasteiger partial charge is 0.489 e. The summed E-state index contributed by atoms with van der Waals surface area (Å²) >= 11 is 17.3. The SMILES string of the molecule is O=C(NS(=O)O)C1CCCC(/C=C/c2ccc(OCc3c(-c4c(Cl)cccc4Cl)noc3C3CC3)cc2Cl)CCC1. The Morgan fingerprint density at radius 2 is 1.76 bits per heavy atom.